The third-order valence-electron chi connectivity index (χ3n) is 11.3. The van der Waals surface area contributed by atoms with Crippen molar-refractivity contribution in [1.29, 1.82) is 0 Å². The Morgan fingerprint density at radius 1 is 0.333 bits per heavy atom. The van der Waals surface area contributed by atoms with Gasteiger partial charge in [-0.3, -0.25) is 4.57 Å². The molecule has 0 amide bonds. The zero-order chi connectivity index (χ0) is 35.3. The molecule has 4 nitrogen and oxygen atoms in total. The fourth-order valence-corrected chi connectivity index (χ4v) is 8.90. The van der Waals surface area contributed by atoms with Crippen molar-refractivity contribution >= 4 is 86.8 Å². The van der Waals surface area contributed by atoms with Gasteiger partial charge < -0.3 is 4.57 Å². The second-order valence-corrected chi connectivity index (χ2v) is 14.2. The van der Waals surface area contributed by atoms with E-state index in [1.54, 1.807) is 0 Å². The number of hydrogen-bond donors (Lipinski definition) is 0. The Hall–Kier alpha value is -7.30. The molecule has 3 aromatic heterocycles. The Labute approximate surface area is 309 Å². The van der Waals surface area contributed by atoms with Crippen molar-refractivity contribution in [3.05, 3.63) is 182 Å². The topological polar surface area (TPSA) is 35.6 Å². The van der Waals surface area contributed by atoms with Crippen LogP contribution in [-0.4, -0.2) is 19.1 Å². The van der Waals surface area contributed by atoms with Gasteiger partial charge in [0.2, 0.25) is 5.95 Å². The first-order chi connectivity index (χ1) is 26.8. The molecule has 0 aliphatic rings. The SMILES string of the molecule is c1ccc2nc(-n3c4ccccc4c4cc(-c5ccc6c(c5)c5ccccc5n6-c5ccc6c7ccccc7c7ccccc7c6c5)ccc43)ncc2c1. The minimum absolute atomic E-state index is 0.678. The van der Waals surface area contributed by atoms with E-state index >= 15 is 0 Å². The molecule has 0 unspecified atom stereocenters. The van der Waals surface area contributed by atoms with Crippen molar-refractivity contribution in [3.8, 4) is 22.8 Å². The first-order valence-electron chi connectivity index (χ1n) is 18.4. The number of aromatic nitrogens is 4. The number of benzene rings is 9. The lowest BCUT2D eigenvalue weighted by atomic mass is 9.94. The molecule has 0 saturated heterocycles. The molecular weight excluding hydrogens is 657 g/mol. The molecule has 0 aliphatic heterocycles. The van der Waals surface area contributed by atoms with Gasteiger partial charge in [0.25, 0.3) is 0 Å². The molecule has 54 heavy (non-hydrogen) atoms. The molecule has 0 aliphatic carbocycles. The van der Waals surface area contributed by atoms with Crippen LogP contribution in [0.1, 0.15) is 0 Å². The molecule has 9 aromatic carbocycles. The maximum Gasteiger partial charge on any atom is 0.235 e. The third-order valence-corrected chi connectivity index (χ3v) is 11.3. The summed E-state index contributed by atoms with van der Waals surface area (Å²) in [5, 5.41) is 13.6. The minimum Gasteiger partial charge on any atom is -0.309 e. The standard InChI is InChI=1S/C50H30N4/c1-8-18-45-33(11-1)30-51-50(52-45)54-47-20-10-7-17-41(47)44-28-32(22-26-49(44)54)31-21-25-48-43(27-31)40-16-6-9-19-46(40)53(48)34-23-24-39-37-14-3-2-12-35(37)36-13-4-5-15-38(36)42(39)29-34/h1-30H. The van der Waals surface area contributed by atoms with Gasteiger partial charge in [-0.2, -0.15) is 0 Å². The van der Waals surface area contributed by atoms with Gasteiger partial charge >= 0.3 is 0 Å². The van der Waals surface area contributed by atoms with Crippen LogP contribution in [0.5, 0.6) is 0 Å². The van der Waals surface area contributed by atoms with Crippen molar-refractivity contribution in [2.24, 2.45) is 0 Å². The molecule has 0 saturated carbocycles. The fraction of sp³-hybridized carbons (Fsp3) is 0. The largest absolute Gasteiger partial charge is 0.309 e. The number of fused-ring (bicyclic) bond motifs is 13. The van der Waals surface area contributed by atoms with Crippen LogP contribution in [0, 0.1) is 0 Å². The lowest BCUT2D eigenvalue weighted by molar-refractivity contribution is 1.01. The number of rotatable bonds is 3. The summed E-state index contributed by atoms with van der Waals surface area (Å²) in [4.78, 5) is 9.80. The van der Waals surface area contributed by atoms with Gasteiger partial charge in [-0.05, 0) is 98.0 Å². The summed E-state index contributed by atoms with van der Waals surface area (Å²) < 4.78 is 4.62. The zero-order valence-corrected chi connectivity index (χ0v) is 29.1. The smallest absolute Gasteiger partial charge is 0.235 e. The van der Waals surface area contributed by atoms with Crippen LogP contribution >= 0.6 is 0 Å². The van der Waals surface area contributed by atoms with Crippen LogP contribution in [0.15, 0.2) is 182 Å². The highest BCUT2D eigenvalue weighted by Crippen LogP contribution is 2.40. The lowest BCUT2D eigenvalue weighted by Crippen LogP contribution is -2.00. The molecular formula is C50H30N4. The summed E-state index contributed by atoms with van der Waals surface area (Å²) >= 11 is 0. The monoisotopic (exact) mass is 686 g/mol. The molecule has 250 valence electrons. The normalized spacial score (nSPS) is 12.1. The van der Waals surface area contributed by atoms with Crippen molar-refractivity contribution in [1.82, 2.24) is 19.1 Å². The Morgan fingerprint density at radius 2 is 0.815 bits per heavy atom. The van der Waals surface area contributed by atoms with E-state index in [1.807, 2.05) is 24.4 Å². The Kier molecular flexibility index (Phi) is 6.02. The number of hydrogen-bond acceptors (Lipinski definition) is 2. The maximum atomic E-state index is 4.98. The highest BCUT2D eigenvalue weighted by molar-refractivity contribution is 6.25. The molecule has 0 bridgehead atoms. The summed E-state index contributed by atoms with van der Waals surface area (Å²) in [7, 11) is 0. The van der Waals surface area contributed by atoms with Gasteiger partial charge in [-0.25, -0.2) is 9.97 Å². The van der Waals surface area contributed by atoms with E-state index in [0.717, 1.165) is 27.6 Å². The van der Waals surface area contributed by atoms with Crippen molar-refractivity contribution in [3.63, 3.8) is 0 Å². The first kappa shape index (κ1) is 29.3. The van der Waals surface area contributed by atoms with Gasteiger partial charge in [0, 0.05) is 38.8 Å². The van der Waals surface area contributed by atoms with E-state index in [0.29, 0.717) is 5.95 Å². The van der Waals surface area contributed by atoms with E-state index in [2.05, 4.69) is 167 Å². The molecule has 0 fully saturated rings. The number of para-hydroxylation sites is 3. The molecule has 12 aromatic rings. The summed E-state index contributed by atoms with van der Waals surface area (Å²) in [6, 6.07) is 63.7. The molecule has 4 heteroatoms. The number of nitrogens with zero attached hydrogens (tertiary/aromatic N) is 4. The van der Waals surface area contributed by atoms with Gasteiger partial charge in [0.15, 0.2) is 0 Å². The average Bonchev–Trinajstić information content (AvgIpc) is 3.75. The van der Waals surface area contributed by atoms with Crippen molar-refractivity contribution in [2.75, 3.05) is 0 Å². The van der Waals surface area contributed by atoms with Crippen LogP contribution in [0.25, 0.3) is 110 Å². The highest BCUT2D eigenvalue weighted by atomic mass is 15.2. The summed E-state index contributed by atoms with van der Waals surface area (Å²) in [6.07, 6.45) is 1.92. The zero-order valence-electron chi connectivity index (χ0n) is 29.1. The molecule has 0 atom stereocenters. The second-order valence-electron chi connectivity index (χ2n) is 14.2. The molecule has 0 spiro atoms. The summed E-state index contributed by atoms with van der Waals surface area (Å²) in [5.41, 5.74) is 9.02. The Bertz CT molecular complexity index is 3480. The summed E-state index contributed by atoms with van der Waals surface area (Å²) in [6.45, 7) is 0. The van der Waals surface area contributed by atoms with E-state index in [1.165, 1.54) is 76.0 Å². The summed E-state index contributed by atoms with van der Waals surface area (Å²) in [5.74, 6) is 0.678. The van der Waals surface area contributed by atoms with E-state index in [-0.39, 0.29) is 0 Å². The highest BCUT2D eigenvalue weighted by Gasteiger charge is 2.18. The van der Waals surface area contributed by atoms with Gasteiger partial charge in [0.1, 0.15) is 0 Å². The van der Waals surface area contributed by atoms with Gasteiger partial charge in [-0.1, -0.05) is 121 Å². The van der Waals surface area contributed by atoms with Crippen LogP contribution in [-0.2, 0) is 0 Å². The van der Waals surface area contributed by atoms with Crippen LogP contribution in [0.3, 0.4) is 0 Å². The Morgan fingerprint density at radius 3 is 1.46 bits per heavy atom. The average molecular weight is 687 g/mol. The Balaban J connectivity index is 1.04. The van der Waals surface area contributed by atoms with Crippen LogP contribution < -0.4 is 0 Å². The molecule has 12 rings (SSSR count). The predicted molar refractivity (Wildman–Crippen MR) is 226 cm³/mol. The van der Waals surface area contributed by atoms with E-state index < -0.39 is 0 Å². The van der Waals surface area contributed by atoms with E-state index in [4.69, 9.17) is 9.97 Å². The molecule has 0 N–H and O–H groups in total. The van der Waals surface area contributed by atoms with E-state index in [9.17, 15) is 0 Å². The quantitative estimate of drug-likeness (QED) is 0.173. The third kappa shape index (κ3) is 4.13. The lowest BCUT2D eigenvalue weighted by Gasteiger charge is -2.14. The first-order valence-corrected chi connectivity index (χ1v) is 18.4. The molecule has 3 heterocycles. The van der Waals surface area contributed by atoms with Gasteiger partial charge in [-0.15, -0.1) is 0 Å². The van der Waals surface area contributed by atoms with Crippen LogP contribution in [0.4, 0.5) is 0 Å². The predicted octanol–water partition coefficient (Wildman–Crippen LogP) is 13.0. The van der Waals surface area contributed by atoms with Crippen molar-refractivity contribution < 1.29 is 0 Å². The molecule has 0 radical (unpaired) electrons. The van der Waals surface area contributed by atoms with Crippen molar-refractivity contribution in [2.45, 2.75) is 0 Å². The van der Waals surface area contributed by atoms with Gasteiger partial charge in [0.05, 0.1) is 27.6 Å². The fourth-order valence-electron chi connectivity index (χ4n) is 8.90. The maximum absolute atomic E-state index is 4.98. The second kappa shape index (κ2) is 11.1. The minimum atomic E-state index is 0.678. The van der Waals surface area contributed by atoms with Crippen LogP contribution in [0.2, 0.25) is 0 Å².